The van der Waals surface area contributed by atoms with Crippen molar-refractivity contribution in [2.45, 2.75) is 80.6 Å². The summed E-state index contributed by atoms with van der Waals surface area (Å²) in [7, 11) is -5.20. The molecule has 0 bridgehead atoms. The molecule has 6 nitrogen and oxygen atoms in total. The molecule has 0 heterocycles. The number of rotatable bonds is 14. The van der Waals surface area contributed by atoms with Crippen molar-refractivity contribution < 1.29 is 26.6 Å². The Balaban J connectivity index is 0. The van der Waals surface area contributed by atoms with E-state index in [1.165, 1.54) is 0 Å². The van der Waals surface area contributed by atoms with Crippen molar-refractivity contribution in [2.75, 3.05) is 19.8 Å². The van der Waals surface area contributed by atoms with Crippen LogP contribution in [0.15, 0.2) is 24.6 Å². The molecule has 0 unspecified atom stereocenters. The highest BCUT2D eigenvalue weighted by Gasteiger charge is 2.41. The lowest BCUT2D eigenvalue weighted by Gasteiger charge is -2.31. The second-order valence-corrected chi connectivity index (χ2v) is 11.2. The summed E-state index contributed by atoms with van der Waals surface area (Å²) in [6, 6.07) is 0. The Kier molecular flexibility index (Phi) is 16.7. The zero-order valence-corrected chi connectivity index (χ0v) is 20.9. The van der Waals surface area contributed by atoms with E-state index in [1.54, 1.807) is 11.4 Å². The summed E-state index contributed by atoms with van der Waals surface area (Å²) < 4.78 is 33.7. The third kappa shape index (κ3) is 13.5. The summed E-state index contributed by atoms with van der Waals surface area (Å²) in [5.74, 6) is 0. The third-order valence-corrected chi connectivity index (χ3v) is 8.21. The highest BCUT2D eigenvalue weighted by atomic mass is 28.4. The maximum absolute atomic E-state index is 5.79. The van der Waals surface area contributed by atoms with Gasteiger partial charge in [0, 0.05) is 38.1 Å². The van der Waals surface area contributed by atoms with E-state index < -0.39 is 17.6 Å². The first-order valence-corrected chi connectivity index (χ1v) is 13.4. The van der Waals surface area contributed by atoms with Gasteiger partial charge in [-0.05, 0) is 73.7 Å². The minimum absolute atomic E-state index is 0.0761. The standard InChI is InChI=1S/C11H24O3Si.C8H18O3Si/c1-8-15(12-9(2)3,13-10(4)5)14-11(6)7;1-5-9-12(8-4,10-6-2)11-7-3/h8-11H,1H2,2-7H3;8H,4-7H2,1-3H3. The summed E-state index contributed by atoms with van der Waals surface area (Å²) >= 11 is 0. The van der Waals surface area contributed by atoms with E-state index in [4.69, 9.17) is 26.6 Å². The molecule has 0 aliphatic rings. The number of hydrogen-bond acceptors (Lipinski definition) is 6. The van der Waals surface area contributed by atoms with Crippen molar-refractivity contribution in [3.8, 4) is 0 Å². The maximum atomic E-state index is 5.79. The Morgan fingerprint density at radius 2 is 0.852 bits per heavy atom. The van der Waals surface area contributed by atoms with E-state index in [-0.39, 0.29) is 18.3 Å². The van der Waals surface area contributed by atoms with Crippen LogP contribution >= 0.6 is 0 Å². The zero-order chi connectivity index (χ0) is 21.5. The van der Waals surface area contributed by atoms with Gasteiger partial charge in [0.15, 0.2) is 0 Å². The Labute approximate surface area is 169 Å². The second kappa shape index (κ2) is 15.6. The van der Waals surface area contributed by atoms with Gasteiger partial charge in [-0.25, -0.2) is 0 Å². The predicted octanol–water partition coefficient (Wildman–Crippen LogP) is 4.69. The molecule has 0 saturated heterocycles. The predicted molar refractivity (Wildman–Crippen MR) is 115 cm³/mol. The van der Waals surface area contributed by atoms with Gasteiger partial charge in [-0.1, -0.05) is 13.2 Å². The third-order valence-electron chi connectivity index (χ3n) is 2.74. The van der Waals surface area contributed by atoms with Gasteiger partial charge in [0.05, 0.1) is 0 Å². The minimum Gasteiger partial charge on any atom is -0.371 e. The molecule has 27 heavy (non-hydrogen) atoms. The summed E-state index contributed by atoms with van der Waals surface area (Å²) in [6.45, 7) is 26.8. The van der Waals surface area contributed by atoms with E-state index in [0.717, 1.165) is 0 Å². The quantitative estimate of drug-likeness (QED) is 0.379. The monoisotopic (exact) mass is 422 g/mol. The number of hydrogen-bond donors (Lipinski definition) is 0. The van der Waals surface area contributed by atoms with Crippen LogP contribution in [0.3, 0.4) is 0 Å². The van der Waals surface area contributed by atoms with Crippen LogP contribution in [-0.2, 0) is 26.6 Å². The van der Waals surface area contributed by atoms with Gasteiger partial charge in [-0.3, -0.25) is 0 Å². The molecule has 0 amide bonds. The smallest absolute Gasteiger partial charge is 0.371 e. The van der Waals surface area contributed by atoms with Crippen LogP contribution in [-0.4, -0.2) is 55.7 Å². The zero-order valence-electron chi connectivity index (χ0n) is 18.9. The van der Waals surface area contributed by atoms with Crippen LogP contribution in [0.4, 0.5) is 0 Å². The molecular formula is C19H42O6Si2. The van der Waals surface area contributed by atoms with Crippen LogP contribution in [0.5, 0.6) is 0 Å². The average molecular weight is 423 g/mol. The fraction of sp³-hybridized carbons (Fsp3) is 0.789. The molecule has 0 fully saturated rings. The lowest BCUT2D eigenvalue weighted by molar-refractivity contribution is 0.0140. The lowest BCUT2D eigenvalue weighted by atomic mass is 10.5. The minimum atomic E-state index is -2.69. The lowest BCUT2D eigenvalue weighted by Crippen LogP contribution is -2.49. The molecule has 162 valence electrons. The van der Waals surface area contributed by atoms with Crippen molar-refractivity contribution >= 4 is 17.6 Å². The molecular weight excluding hydrogens is 380 g/mol. The largest absolute Gasteiger partial charge is 0.529 e. The fourth-order valence-corrected chi connectivity index (χ4v) is 6.36. The Bertz CT molecular complexity index is 345. The summed E-state index contributed by atoms with van der Waals surface area (Å²) in [4.78, 5) is 0. The SMILES string of the molecule is C=C[Si](OC(C)C)(OC(C)C)OC(C)C.C=C[Si](OCC)(OCC)OCC. The molecule has 0 aliphatic heterocycles. The van der Waals surface area contributed by atoms with E-state index in [2.05, 4.69) is 13.2 Å². The van der Waals surface area contributed by atoms with Crippen LogP contribution < -0.4 is 0 Å². The molecule has 0 aromatic carbocycles. The second-order valence-electron chi connectivity index (χ2n) is 6.41. The Morgan fingerprint density at radius 3 is 1.00 bits per heavy atom. The topological polar surface area (TPSA) is 55.4 Å². The summed E-state index contributed by atoms with van der Waals surface area (Å²) in [5.41, 5.74) is 3.37. The molecule has 0 aliphatic carbocycles. The van der Waals surface area contributed by atoms with Crippen LogP contribution in [0.2, 0.25) is 0 Å². The van der Waals surface area contributed by atoms with Gasteiger partial charge in [0.25, 0.3) is 0 Å². The van der Waals surface area contributed by atoms with E-state index in [9.17, 15) is 0 Å². The van der Waals surface area contributed by atoms with Crippen LogP contribution in [0.25, 0.3) is 0 Å². The van der Waals surface area contributed by atoms with Crippen LogP contribution in [0.1, 0.15) is 62.3 Å². The molecule has 0 N–H and O–H groups in total. The first kappa shape index (κ1) is 28.9. The van der Waals surface area contributed by atoms with Gasteiger partial charge < -0.3 is 26.6 Å². The Hall–Kier alpha value is -0.326. The average Bonchev–Trinajstić information content (AvgIpc) is 2.54. The first-order valence-electron chi connectivity index (χ1n) is 9.78. The van der Waals surface area contributed by atoms with E-state index >= 15 is 0 Å². The molecule has 0 radical (unpaired) electrons. The molecule has 0 saturated carbocycles. The van der Waals surface area contributed by atoms with Gasteiger partial charge in [0.2, 0.25) is 0 Å². The maximum Gasteiger partial charge on any atom is 0.529 e. The van der Waals surface area contributed by atoms with Gasteiger partial charge in [-0.2, -0.15) is 0 Å². The normalized spacial score (nSPS) is 12.3. The van der Waals surface area contributed by atoms with E-state index in [0.29, 0.717) is 19.8 Å². The highest BCUT2D eigenvalue weighted by molar-refractivity contribution is 6.66. The van der Waals surface area contributed by atoms with Crippen molar-refractivity contribution in [1.29, 1.82) is 0 Å². The summed E-state index contributed by atoms with van der Waals surface area (Å²) in [5, 5.41) is 0. The van der Waals surface area contributed by atoms with Crippen LogP contribution in [0, 0.1) is 0 Å². The van der Waals surface area contributed by atoms with E-state index in [1.807, 2.05) is 62.3 Å². The Morgan fingerprint density at radius 1 is 0.593 bits per heavy atom. The highest BCUT2D eigenvalue weighted by Crippen LogP contribution is 2.18. The molecule has 0 spiro atoms. The molecule has 0 aromatic rings. The van der Waals surface area contributed by atoms with Gasteiger partial charge in [0.1, 0.15) is 0 Å². The van der Waals surface area contributed by atoms with Crippen molar-refractivity contribution in [1.82, 2.24) is 0 Å². The van der Waals surface area contributed by atoms with Crippen molar-refractivity contribution in [2.24, 2.45) is 0 Å². The summed E-state index contributed by atoms with van der Waals surface area (Å²) in [6.07, 6.45) is 0.228. The first-order chi connectivity index (χ1) is 12.6. The van der Waals surface area contributed by atoms with Crippen molar-refractivity contribution in [3.05, 3.63) is 24.6 Å². The molecule has 8 heteroatoms. The molecule has 0 rings (SSSR count). The van der Waals surface area contributed by atoms with Gasteiger partial charge in [-0.15, -0.1) is 0 Å². The van der Waals surface area contributed by atoms with Crippen molar-refractivity contribution in [3.63, 3.8) is 0 Å². The van der Waals surface area contributed by atoms with Gasteiger partial charge >= 0.3 is 17.6 Å². The molecule has 0 atom stereocenters. The molecule has 0 aromatic heterocycles. The fourth-order valence-electron chi connectivity index (χ4n) is 2.12.